The maximum atomic E-state index is 12.5. The molecule has 1 aliphatic carbocycles. The molecular formula is C26H26N8O3. The summed E-state index contributed by atoms with van der Waals surface area (Å²) in [5.41, 5.74) is 13.6. The summed E-state index contributed by atoms with van der Waals surface area (Å²) in [6, 6.07) is 16.6. The van der Waals surface area contributed by atoms with Gasteiger partial charge in [0.1, 0.15) is 41.2 Å². The Labute approximate surface area is 212 Å². The highest BCUT2D eigenvalue weighted by Gasteiger charge is 2.51. The van der Waals surface area contributed by atoms with E-state index < -0.39 is 5.91 Å². The number of aromatic nitrogens is 5. The van der Waals surface area contributed by atoms with Crippen molar-refractivity contribution in [1.29, 1.82) is 0 Å². The number of likely N-dealkylation sites (tertiary alicyclic amines) is 1. The van der Waals surface area contributed by atoms with Crippen LogP contribution in [0.25, 0.3) is 11.3 Å². The third-order valence-electron chi connectivity index (χ3n) is 7.26. The van der Waals surface area contributed by atoms with Gasteiger partial charge < -0.3 is 21.1 Å². The number of ether oxygens (including phenoxy) is 1. The number of amides is 2. The van der Waals surface area contributed by atoms with Crippen LogP contribution in [0, 0.1) is 5.41 Å². The molecule has 4 aromatic rings. The highest BCUT2D eigenvalue weighted by molar-refractivity contribution is 6.03. The molecule has 11 nitrogen and oxygen atoms in total. The van der Waals surface area contributed by atoms with Crippen molar-refractivity contribution in [2.45, 2.75) is 25.3 Å². The molecule has 1 saturated heterocycles. The fraction of sp³-hybridized carbons (Fsp3) is 0.269. The van der Waals surface area contributed by atoms with Crippen LogP contribution in [-0.4, -0.2) is 54.5 Å². The summed E-state index contributed by atoms with van der Waals surface area (Å²) < 4.78 is 8.85. The van der Waals surface area contributed by atoms with E-state index in [1.165, 1.54) is 17.3 Å². The molecule has 37 heavy (non-hydrogen) atoms. The van der Waals surface area contributed by atoms with Crippen LogP contribution in [0.1, 0.15) is 35.7 Å². The summed E-state index contributed by atoms with van der Waals surface area (Å²) in [5.74, 6) is 1.04. The first kappa shape index (κ1) is 22.8. The zero-order chi connectivity index (χ0) is 25.6. The first-order valence-corrected chi connectivity index (χ1v) is 12.1. The van der Waals surface area contributed by atoms with Crippen molar-refractivity contribution in [2.75, 3.05) is 18.8 Å². The Balaban J connectivity index is 1.20. The minimum Gasteiger partial charge on any atom is -0.457 e. The molecule has 6 rings (SSSR count). The molecule has 1 unspecified atom stereocenters. The number of nitrogens with two attached hydrogens (primary N) is 2. The maximum Gasteiger partial charge on any atom is 0.346 e. The number of benzene rings is 2. The summed E-state index contributed by atoms with van der Waals surface area (Å²) in [4.78, 5) is 30.5. The smallest absolute Gasteiger partial charge is 0.346 e. The lowest BCUT2D eigenvalue weighted by atomic mass is 9.78. The molecule has 0 bridgehead atoms. The number of rotatable bonds is 5. The van der Waals surface area contributed by atoms with Gasteiger partial charge in [-0.2, -0.15) is 14.9 Å². The highest BCUT2D eigenvalue weighted by Crippen LogP contribution is 2.51. The van der Waals surface area contributed by atoms with E-state index in [1.54, 1.807) is 9.58 Å². The van der Waals surface area contributed by atoms with E-state index in [-0.39, 0.29) is 28.9 Å². The van der Waals surface area contributed by atoms with Gasteiger partial charge in [-0.1, -0.05) is 18.2 Å². The minimum absolute atomic E-state index is 0.00275. The fourth-order valence-electron chi connectivity index (χ4n) is 5.50. The van der Waals surface area contributed by atoms with Crippen LogP contribution in [-0.2, 0) is 0 Å². The minimum atomic E-state index is -0.621. The summed E-state index contributed by atoms with van der Waals surface area (Å²) in [6.45, 7) is 1.28. The second-order valence-electron chi connectivity index (χ2n) is 9.73. The van der Waals surface area contributed by atoms with Crippen LogP contribution in [0.2, 0.25) is 0 Å². The van der Waals surface area contributed by atoms with E-state index in [0.29, 0.717) is 24.5 Å². The van der Waals surface area contributed by atoms with Gasteiger partial charge >= 0.3 is 6.03 Å². The standard InChI is InChI=1S/C26H26N8O3/c27-23-21(24(28)35)22(17-6-8-20(9-7-17)37-19-4-2-1-3-5-19)31-34(23)18-10-11-26(12-18)13-32(14-26)25(36)33-16-29-15-30-33/h1-9,15-16,18H,10-14,27H2,(H2,28,35). The Kier molecular flexibility index (Phi) is 5.40. The average Bonchev–Trinajstić information content (AvgIpc) is 3.63. The van der Waals surface area contributed by atoms with Gasteiger partial charge in [0.25, 0.3) is 5.91 Å². The van der Waals surface area contributed by atoms with E-state index in [1.807, 2.05) is 54.6 Å². The topological polar surface area (TPSA) is 147 Å². The van der Waals surface area contributed by atoms with Crippen molar-refractivity contribution < 1.29 is 14.3 Å². The second-order valence-corrected chi connectivity index (χ2v) is 9.73. The lowest BCUT2D eigenvalue weighted by Crippen LogP contribution is -2.58. The Bertz CT molecular complexity index is 1440. The first-order chi connectivity index (χ1) is 17.9. The van der Waals surface area contributed by atoms with Gasteiger partial charge in [-0.25, -0.2) is 14.5 Å². The molecule has 1 atom stereocenters. The third kappa shape index (κ3) is 4.07. The highest BCUT2D eigenvalue weighted by atomic mass is 16.5. The monoisotopic (exact) mass is 498 g/mol. The van der Waals surface area contributed by atoms with E-state index in [0.717, 1.165) is 30.6 Å². The summed E-state index contributed by atoms with van der Waals surface area (Å²) in [7, 11) is 0. The summed E-state index contributed by atoms with van der Waals surface area (Å²) in [6.07, 6.45) is 5.34. The molecule has 2 aromatic carbocycles. The predicted molar refractivity (Wildman–Crippen MR) is 135 cm³/mol. The summed E-state index contributed by atoms with van der Waals surface area (Å²) >= 11 is 0. The van der Waals surface area contributed by atoms with E-state index >= 15 is 0 Å². The molecule has 3 heterocycles. The molecule has 11 heteroatoms. The van der Waals surface area contributed by atoms with Gasteiger partial charge in [-0.3, -0.25) is 4.79 Å². The van der Waals surface area contributed by atoms with Gasteiger partial charge in [-0.05, 0) is 55.7 Å². The summed E-state index contributed by atoms with van der Waals surface area (Å²) in [5, 5.41) is 8.69. The zero-order valence-corrected chi connectivity index (χ0v) is 20.0. The molecule has 188 valence electrons. The molecule has 0 radical (unpaired) electrons. The Morgan fingerprint density at radius 3 is 2.43 bits per heavy atom. The maximum absolute atomic E-state index is 12.5. The third-order valence-corrected chi connectivity index (χ3v) is 7.26. The van der Waals surface area contributed by atoms with Gasteiger partial charge in [0.2, 0.25) is 0 Å². The van der Waals surface area contributed by atoms with Crippen molar-refractivity contribution in [2.24, 2.45) is 11.1 Å². The molecule has 1 aliphatic heterocycles. The average molecular weight is 499 g/mol. The van der Waals surface area contributed by atoms with Crippen molar-refractivity contribution >= 4 is 17.8 Å². The number of carbonyl (C=O) groups excluding carboxylic acids is 2. The number of primary amides is 1. The van der Waals surface area contributed by atoms with Crippen LogP contribution in [0.3, 0.4) is 0 Å². The van der Waals surface area contributed by atoms with E-state index in [2.05, 4.69) is 10.1 Å². The van der Waals surface area contributed by atoms with Crippen LogP contribution >= 0.6 is 0 Å². The van der Waals surface area contributed by atoms with Crippen LogP contribution in [0.4, 0.5) is 10.6 Å². The molecule has 2 amide bonds. The van der Waals surface area contributed by atoms with Gasteiger partial charge in [0.05, 0.1) is 6.04 Å². The second kappa shape index (κ2) is 8.77. The number of anilines is 1. The van der Waals surface area contributed by atoms with Crippen LogP contribution in [0.5, 0.6) is 11.5 Å². The lowest BCUT2D eigenvalue weighted by Gasteiger charge is -2.47. The largest absolute Gasteiger partial charge is 0.457 e. The number of hydrogen-bond acceptors (Lipinski definition) is 7. The molecule has 2 aliphatic rings. The molecule has 2 fully saturated rings. The van der Waals surface area contributed by atoms with Crippen LogP contribution in [0.15, 0.2) is 67.3 Å². The number of hydrogen-bond donors (Lipinski definition) is 2. The molecule has 1 saturated carbocycles. The van der Waals surface area contributed by atoms with E-state index in [4.69, 9.17) is 21.3 Å². The molecular weight excluding hydrogens is 472 g/mol. The Morgan fingerprint density at radius 1 is 1.03 bits per heavy atom. The first-order valence-electron chi connectivity index (χ1n) is 12.1. The van der Waals surface area contributed by atoms with Crippen molar-refractivity contribution in [3.05, 3.63) is 72.8 Å². The van der Waals surface area contributed by atoms with Crippen LogP contribution < -0.4 is 16.2 Å². The Morgan fingerprint density at radius 2 is 1.76 bits per heavy atom. The number of nitrogens with zero attached hydrogens (tertiary/aromatic N) is 6. The Hall–Kier alpha value is -4.67. The number of carbonyl (C=O) groups is 2. The number of para-hydroxylation sites is 1. The molecule has 4 N–H and O–H groups in total. The fourth-order valence-corrected chi connectivity index (χ4v) is 5.50. The van der Waals surface area contributed by atoms with Crippen molar-refractivity contribution in [3.63, 3.8) is 0 Å². The van der Waals surface area contributed by atoms with Gasteiger partial charge in [0, 0.05) is 24.1 Å². The van der Waals surface area contributed by atoms with Gasteiger partial charge in [0.15, 0.2) is 0 Å². The van der Waals surface area contributed by atoms with Crippen molar-refractivity contribution in [1.82, 2.24) is 29.4 Å². The van der Waals surface area contributed by atoms with Crippen molar-refractivity contribution in [3.8, 4) is 22.8 Å². The van der Waals surface area contributed by atoms with Gasteiger partial charge in [-0.15, -0.1) is 0 Å². The predicted octanol–water partition coefficient (Wildman–Crippen LogP) is 3.31. The molecule has 1 spiro atoms. The normalized spacial score (nSPS) is 18.1. The zero-order valence-electron chi connectivity index (χ0n) is 20.0. The quantitative estimate of drug-likeness (QED) is 0.429. The SMILES string of the molecule is NC(=O)c1c(-c2ccc(Oc3ccccc3)cc2)nn(C2CCC3(C2)CN(C(=O)n2cncn2)C3)c1N. The lowest BCUT2D eigenvalue weighted by molar-refractivity contribution is 0.0332. The van der Waals surface area contributed by atoms with E-state index in [9.17, 15) is 9.59 Å². The molecule has 2 aromatic heterocycles. The number of nitrogen functional groups attached to an aromatic ring is 1.